The second-order valence-electron chi connectivity index (χ2n) is 4.55. The van der Waals surface area contributed by atoms with Gasteiger partial charge in [0.25, 0.3) is 10.0 Å². The molecule has 0 aliphatic rings. The Labute approximate surface area is 125 Å². The normalized spacial score (nSPS) is 11.7. The number of sulfonamides is 1. The number of aromatic nitrogens is 1. The summed E-state index contributed by atoms with van der Waals surface area (Å²) in [6.07, 6.45) is 0. The average molecular weight is 322 g/mol. The second-order valence-corrected chi connectivity index (χ2v) is 7.09. The van der Waals surface area contributed by atoms with Gasteiger partial charge in [-0.05, 0) is 42.8 Å². The fourth-order valence-electron chi connectivity index (χ4n) is 1.99. The Hall–Kier alpha value is -1.99. The number of anilines is 1. The zero-order valence-corrected chi connectivity index (χ0v) is 12.6. The number of halogens is 1. The molecule has 1 heterocycles. The Morgan fingerprint density at radius 2 is 2.00 bits per heavy atom. The maximum absolute atomic E-state index is 13.3. The van der Waals surface area contributed by atoms with Crippen molar-refractivity contribution in [2.24, 2.45) is 0 Å². The molecule has 0 saturated heterocycles. The molecule has 3 aromatic rings. The van der Waals surface area contributed by atoms with Crippen molar-refractivity contribution in [3.05, 3.63) is 53.3 Å². The predicted molar refractivity (Wildman–Crippen MR) is 81.6 cm³/mol. The molecule has 1 N–H and O–H groups in total. The van der Waals surface area contributed by atoms with Gasteiger partial charge in [0, 0.05) is 0 Å². The molecule has 108 valence electrons. The third-order valence-corrected chi connectivity index (χ3v) is 5.34. The number of fused-ring (bicyclic) bond motifs is 1. The fraction of sp³-hybridized carbons (Fsp3) is 0.0714. The number of rotatable bonds is 3. The summed E-state index contributed by atoms with van der Waals surface area (Å²) in [6, 6.07) is 8.77. The molecular formula is C14H11FN2O2S2. The van der Waals surface area contributed by atoms with Crippen LogP contribution in [0.3, 0.4) is 0 Å². The van der Waals surface area contributed by atoms with Crippen molar-refractivity contribution >= 4 is 37.3 Å². The van der Waals surface area contributed by atoms with Crippen molar-refractivity contribution in [1.29, 1.82) is 0 Å². The number of nitrogens with one attached hydrogen (secondary N) is 1. The lowest BCUT2D eigenvalue weighted by Crippen LogP contribution is -2.14. The second kappa shape index (κ2) is 5.09. The van der Waals surface area contributed by atoms with E-state index in [1.807, 2.05) is 0 Å². The molecule has 0 fully saturated rings. The summed E-state index contributed by atoms with van der Waals surface area (Å²) >= 11 is 1.42. The first-order valence-corrected chi connectivity index (χ1v) is 8.44. The molecule has 4 nitrogen and oxygen atoms in total. The van der Waals surface area contributed by atoms with E-state index in [4.69, 9.17) is 0 Å². The minimum absolute atomic E-state index is 0.0631. The summed E-state index contributed by atoms with van der Waals surface area (Å²) in [5, 5.41) is 0. The molecule has 0 amide bonds. The fourth-order valence-corrected chi connectivity index (χ4v) is 4.02. The minimum Gasteiger partial charge on any atom is -0.280 e. The van der Waals surface area contributed by atoms with Gasteiger partial charge in [0.1, 0.15) is 5.82 Å². The summed E-state index contributed by atoms with van der Waals surface area (Å²) in [4.78, 5) is 4.07. The minimum atomic E-state index is -3.82. The van der Waals surface area contributed by atoms with E-state index in [1.54, 1.807) is 30.6 Å². The monoisotopic (exact) mass is 322 g/mol. The van der Waals surface area contributed by atoms with Crippen LogP contribution in [0, 0.1) is 12.7 Å². The molecule has 0 spiro atoms. The summed E-state index contributed by atoms with van der Waals surface area (Å²) in [7, 11) is -3.82. The molecule has 0 saturated carbocycles. The molecule has 0 aliphatic carbocycles. The molecule has 0 radical (unpaired) electrons. The lowest BCUT2D eigenvalue weighted by atomic mass is 10.2. The maximum atomic E-state index is 13.3. The van der Waals surface area contributed by atoms with Crippen LogP contribution >= 0.6 is 11.3 Å². The highest BCUT2D eigenvalue weighted by molar-refractivity contribution is 7.92. The lowest BCUT2D eigenvalue weighted by molar-refractivity contribution is 0.594. The van der Waals surface area contributed by atoms with Crippen LogP contribution in [-0.2, 0) is 10.0 Å². The molecule has 2 aromatic carbocycles. The van der Waals surface area contributed by atoms with Gasteiger partial charge in [0.05, 0.1) is 26.3 Å². The van der Waals surface area contributed by atoms with Gasteiger partial charge in [0.2, 0.25) is 0 Å². The van der Waals surface area contributed by atoms with Crippen LogP contribution in [0.2, 0.25) is 0 Å². The van der Waals surface area contributed by atoms with E-state index in [0.29, 0.717) is 11.3 Å². The first-order chi connectivity index (χ1) is 9.95. The van der Waals surface area contributed by atoms with Crippen LogP contribution in [0.4, 0.5) is 10.1 Å². The summed E-state index contributed by atoms with van der Waals surface area (Å²) < 4.78 is 41.4. The van der Waals surface area contributed by atoms with Crippen molar-refractivity contribution in [3.8, 4) is 0 Å². The zero-order valence-electron chi connectivity index (χ0n) is 11.0. The van der Waals surface area contributed by atoms with Gasteiger partial charge in [0.15, 0.2) is 0 Å². The summed E-state index contributed by atoms with van der Waals surface area (Å²) in [5.41, 5.74) is 3.42. The number of thiazole rings is 1. The first kappa shape index (κ1) is 14.0. The smallest absolute Gasteiger partial charge is 0.262 e. The van der Waals surface area contributed by atoms with Crippen LogP contribution in [0.1, 0.15) is 5.56 Å². The van der Waals surface area contributed by atoms with E-state index >= 15 is 0 Å². The third kappa shape index (κ3) is 2.74. The summed E-state index contributed by atoms with van der Waals surface area (Å²) in [5.74, 6) is -0.584. The highest BCUT2D eigenvalue weighted by atomic mass is 32.2. The molecule has 0 bridgehead atoms. The Balaban J connectivity index is 2.00. The van der Waals surface area contributed by atoms with Crippen LogP contribution < -0.4 is 4.72 Å². The Kier molecular flexibility index (Phi) is 3.38. The van der Waals surface area contributed by atoms with E-state index in [-0.39, 0.29) is 4.90 Å². The van der Waals surface area contributed by atoms with E-state index in [2.05, 4.69) is 9.71 Å². The van der Waals surface area contributed by atoms with Crippen LogP contribution in [-0.4, -0.2) is 13.4 Å². The van der Waals surface area contributed by atoms with Gasteiger partial charge in [-0.3, -0.25) is 4.72 Å². The van der Waals surface area contributed by atoms with Crippen LogP contribution in [0.15, 0.2) is 46.8 Å². The van der Waals surface area contributed by atoms with Crippen molar-refractivity contribution in [1.82, 2.24) is 4.98 Å². The quantitative estimate of drug-likeness (QED) is 0.802. The molecule has 1 aromatic heterocycles. The first-order valence-electron chi connectivity index (χ1n) is 6.08. The highest BCUT2D eigenvalue weighted by Gasteiger charge is 2.18. The number of aryl methyl sites for hydroxylation is 1. The predicted octanol–water partition coefficient (Wildman–Crippen LogP) is 3.54. The molecule has 3 rings (SSSR count). The molecule has 21 heavy (non-hydrogen) atoms. The van der Waals surface area contributed by atoms with E-state index in [1.165, 1.54) is 23.5 Å². The zero-order chi connectivity index (χ0) is 15.0. The number of benzene rings is 2. The van der Waals surface area contributed by atoms with E-state index in [9.17, 15) is 12.8 Å². The van der Waals surface area contributed by atoms with E-state index < -0.39 is 15.8 Å². The van der Waals surface area contributed by atoms with Crippen molar-refractivity contribution in [2.75, 3.05) is 4.72 Å². The number of hydrogen-bond acceptors (Lipinski definition) is 4. The number of hydrogen-bond donors (Lipinski definition) is 1. The molecule has 0 aliphatic heterocycles. The van der Waals surface area contributed by atoms with Gasteiger partial charge in [-0.15, -0.1) is 11.3 Å². The van der Waals surface area contributed by atoms with Crippen molar-refractivity contribution < 1.29 is 12.8 Å². The molecule has 0 unspecified atom stereocenters. The lowest BCUT2D eigenvalue weighted by Gasteiger charge is -2.10. The van der Waals surface area contributed by atoms with Crippen LogP contribution in [0.5, 0.6) is 0 Å². The Morgan fingerprint density at radius 1 is 1.19 bits per heavy atom. The van der Waals surface area contributed by atoms with Gasteiger partial charge in [-0.2, -0.15) is 0 Å². The number of nitrogens with zero attached hydrogens (tertiary/aromatic N) is 1. The standard InChI is InChI=1S/C14H11FN2O2S2/c1-9-2-3-10(15)6-14(9)21(18,19)17-11-4-5-12-13(7-11)20-8-16-12/h2-8,17H,1H3. The maximum Gasteiger partial charge on any atom is 0.262 e. The van der Waals surface area contributed by atoms with Crippen LogP contribution in [0.25, 0.3) is 10.2 Å². The Morgan fingerprint density at radius 3 is 2.81 bits per heavy atom. The molecular weight excluding hydrogens is 311 g/mol. The summed E-state index contributed by atoms with van der Waals surface area (Å²) in [6.45, 7) is 1.63. The van der Waals surface area contributed by atoms with Crippen molar-refractivity contribution in [2.45, 2.75) is 11.8 Å². The van der Waals surface area contributed by atoms with Gasteiger partial charge in [-0.1, -0.05) is 6.07 Å². The Bertz CT molecular complexity index is 920. The average Bonchev–Trinajstić information content (AvgIpc) is 2.88. The van der Waals surface area contributed by atoms with E-state index in [0.717, 1.165) is 16.3 Å². The van der Waals surface area contributed by atoms with Gasteiger partial charge < -0.3 is 0 Å². The topological polar surface area (TPSA) is 59.1 Å². The third-order valence-electron chi connectivity index (χ3n) is 3.02. The van der Waals surface area contributed by atoms with Gasteiger partial charge in [-0.25, -0.2) is 17.8 Å². The van der Waals surface area contributed by atoms with Gasteiger partial charge >= 0.3 is 0 Å². The molecule has 7 heteroatoms. The van der Waals surface area contributed by atoms with Crippen molar-refractivity contribution in [3.63, 3.8) is 0 Å². The molecule has 0 atom stereocenters. The largest absolute Gasteiger partial charge is 0.280 e. The highest BCUT2D eigenvalue weighted by Crippen LogP contribution is 2.25. The SMILES string of the molecule is Cc1ccc(F)cc1S(=O)(=O)Nc1ccc2ncsc2c1.